The van der Waals surface area contributed by atoms with E-state index in [-0.39, 0.29) is 11.9 Å². The minimum atomic E-state index is -0.129. The van der Waals surface area contributed by atoms with Gasteiger partial charge in [0.1, 0.15) is 17.2 Å². The van der Waals surface area contributed by atoms with Crippen LogP contribution < -0.4 is 5.32 Å². The van der Waals surface area contributed by atoms with Crippen LogP contribution in [0.4, 0.5) is 0 Å². The van der Waals surface area contributed by atoms with Crippen molar-refractivity contribution in [2.45, 2.75) is 32.7 Å². The Morgan fingerprint density at radius 1 is 1.50 bits per heavy atom. The Morgan fingerprint density at radius 2 is 2.33 bits per heavy atom. The van der Waals surface area contributed by atoms with Gasteiger partial charge in [-0.05, 0) is 38.5 Å². The molecule has 2 aromatic rings. The first kappa shape index (κ1) is 12.4. The van der Waals surface area contributed by atoms with Gasteiger partial charge in [-0.3, -0.25) is 9.89 Å². The third-order valence-corrected chi connectivity index (χ3v) is 2.74. The second-order valence-electron chi connectivity index (χ2n) is 4.40. The molecule has 1 amide bonds. The molecule has 0 fully saturated rings. The summed E-state index contributed by atoms with van der Waals surface area (Å²) in [5.41, 5.74) is 0.482. The maximum atomic E-state index is 11.7. The SMILES string of the molecule is Cc1ccc(CCC(C)NC(=O)c2ccn[nH]2)o1. The molecule has 1 atom stereocenters. The number of carbonyl (C=O) groups excluding carboxylic acids is 1. The highest BCUT2D eigenvalue weighted by Crippen LogP contribution is 2.10. The lowest BCUT2D eigenvalue weighted by Gasteiger charge is -2.12. The molecule has 96 valence electrons. The molecule has 2 rings (SSSR count). The molecular weight excluding hydrogens is 230 g/mol. The number of furan rings is 1. The summed E-state index contributed by atoms with van der Waals surface area (Å²) in [7, 11) is 0. The van der Waals surface area contributed by atoms with Gasteiger partial charge in [0.25, 0.3) is 5.91 Å². The number of nitrogens with zero attached hydrogens (tertiary/aromatic N) is 1. The summed E-state index contributed by atoms with van der Waals surface area (Å²) in [6.07, 6.45) is 3.22. The summed E-state index contributed by atoms with van der Waals surface area (Å²) in [6, 6.07) is 5.66. The molecule has 0 saturated heterocycles. The van der Waals surface area contributed by atoms with E-state index in [0.717, 1.165) is 24.4 Å². The third kappa shape index (κ3) is 3.23. The van der Waals surface area contributed by atoms with Gasteiger partial charge in [0.05, 0.1) is 0 Å². The molecule has 2 N–H and O–H groups in total. The summed E-state index contributed by atoms with van der Waals surface area (Å²) in [4.78, 5) is 11.7. The predicted octanol–water partition coefficient (Wildman–Crippen LogP) is 2.06. The van der Waals surface area contributed by atoms with Crippen molar-refractivity contribution in [3.05, 3.63) is 41.6 Å². The van der Waals surface area contributed by atoms with Crippen LogP contribution in [-0.4, -0.2) is 22.1 Å². The van der Waals surface area contributed by atoms with Crippen molar-refractivity contribution in [1.82, 2.24) is 15.5 Å². The summed E-state index contributed by atoms with van der Waals surface area (Å²) in [5, 5.41) is 9.29. The van der Waals surface area contributed by atoms with Gasteiger partial charge in [-0.25, -0.2) is 0 Å². The molecule has 2 heterocycles. The molecule has 0 aliphatic heterocycles. The van der Waals surface area contributed by atoms with Crippen LogP contribution in [0.15, 0.2) is 28.8 Å². The minimum Gasteiger partial charge on any atom is -0.466 e. The van der Waals surface area contributed by atoms with E-state index in [1.807, 2.05) is 26.0 Å². The van der Waals surface area contributed by atoms with Crippen molar-refractivity contribution in [2.75, 3.05) is 0 Å². The van der Waals surface area contributed by atoms with Crippen molar-refractivity contribution in [2.24, 2.45) is 0 Å². The molecule has 18 heavy (non-hydrogen) atoms. The molecule has 0 aliphatic rings. The molecule has 0 aromatic carbocycles. The summed E-state index contributed by atoms with van der Waals surface area (Å²) >= 11 is 0. The van der Waals surface area contributed by atoms with E-state index in [1.54, 1.807) is 12.3 Å². The molecule has 0 bridgehead atoms. The van der Waals surface area contributed by atoms with Gasteiger partial charge >= 0.3 is 0 Å². The van der Waals surface area contributed by atoms with E-state index in [9.17, 15) is 4.79 Å². The topological polar surface area (TPSA) is 70.9 Å². The van der Waals surface area contributed by atoms with Crippen molar-refractivity contribution in [1.29, 1.82) is 0 Å². The van der Waals surface area contributed by atoms with Crippen LogP contribution in [0, 0.1) is 6.92 Å². The smallest absolute Gasteiger partial charge is 0.269 e. The maximum absolute atomic E-state index is 11.7. The molecule has 1 unspecified atom stereocenters. The highest BCUT2D eigenvalue weighted by molar-refractivity contribution is 5.92. The first-order valence-electron chi connectivity index (χ1n) is 6.00. The second kappa shape index (κ2) is 5.53. The van der Waals surface area contributed by atoms with E-state index in [0.29, 0.717) is 5.69 Å². The van der Waals surface area contributed by atoms with Gasteiger partial charge in [0.2, 0.25) is 0 Å². The number of aryl methyl sites for hydroxylation is 2. The largest absolute Gasteiger partial charge is 0.466 e. The summed E-state index contributed by atoms with van der Waals surface area (Å²) < 4.78 is 5.48. The Balaban J connectivity index is 1.78. The first-order chi connectivity index (χ1) is 8.65. The highest BCUT2D eigenvalue weighted by Gasteiger charge is 2.11. The van der Waals surface area contributed by atoms with Crippen molar-refractivity contribution < 1.29 is 9.21 Å². The van der Waals surface area contributed by atoms with E-state index in [1.165, 1.54) is 0 Å². The number of aromatic amines is 1. The quantitative estimate of drug-likeness (QED) is 0.849. The van der Waals surface area contributed by atoms with Crippen molar-refractivity contribution in [3.8, 4) is 0 Å². The molecule has 5 nitrogen and oxygen atoms in total. The number of amides is 1. The second-order valence-corrected chi connectivity index (χ2v) is 4.40. The number of carbonyl (C=O) groups is 1. The number of nitrogens with one attached hydrogen (secondary N) is 2. The van der Waals surface area contributed by atoms with Gasteiger partial charge in [-0.1, -0.05) is 0 Å². The third-order valence-electron chi connectivity index (χ3n) is 2.74. The molecule has 5 heteroatoms. The lowest BCUT2D eigenvalue weighted by Crippen LogP contribution is -2.33. The van der Waals surface area contributed by atoms with Gasteiger partial charge < -0.3 is 9.73 Å². The van der Waals surface area contributed by atoms with Crippen LogP contribution in [-0.2, 0) is 6.42 Å². The molecule has 0 aliphatic carbocycles. The standard InChI is InChI=1S/C13H17N3O2/c1-9(3-5-11-6-4-10(2)18-11)15-13(17)12-7-8-14-16-12/h4,6-9H,3,5H2,1-2H3,(H,14,16)(H,15,17). The lowest BCUT2D eigenvalue weighted by atomic mass is 10.1. The van der Waals surface area contributed by atoms with Gasteiger partial charge in [-0.2, -0.15) is 5.10 Å². The number of hydrogen-bond donors (Lipinski definition) is 2. The highest BCUT2D eigenvalue weighted by atomic mass is 16.3. The Labute approximate surface area is 106 Å². The van der Waals surface area contributed by atoms with Crippen LogP contribution in [0.5, 0.6) is 0 Å². The Kier molecular flexibility index (Phi) is 3.82. The van der Waals surface area contributed by atoms with Gasteiger partial charge in [0.15, 0.2) is 0 Å². The first-order valence-corrected chi connectivity index (χ1v) is 6.00. The normalized spacial score (nSPS) is 12.3. The zero-order valence-electron chi connectivity index (χ0n) is 10.6. The van der Waals surface area contributed by atoms with Crippen molar-refractivity contribution in [3.63, 3.8) is 0 Å². The Hall–Kier alpha value is -2.04. The number of aromatic nitrogens is 2. The molecular formula is C13H17N3O2. The minimum absolute atomic E-state index is 0.0891. The van der Waals surface area contributed by atoms with Crippen LogP contribution in [0.2, 0.25) is 0 Å². The maximum Gasteiger partial charge on any atom is 0.269 e. The molecule has 0 saturated carbocycles. The summed E-state index contributed by atoms with van der Waals surface area (Å²) in [5.74, 6) is 1.74. The Morgan fingerprint density at radius 3 is 2.94 bits per heavy atom. The van der Waals surface area contributed by atoms with Crippen molar-refractivity contribution >= 4 is 5.91 Å². The average molecular weight is 247 g/mol. The monoisotopic (exact) mass is 247 g/mol. The predicted molar refractivity (Wildman–Crippen MR) is 67.3 cm³/mol. The fourth-order valence-corrected chi connectivity index (χ4v) is 1.73. The van der Waals surface area contributed by atoms with Crippen LogP contribution in [0.25, 0.3) is 0 Å². The molecule has 0 radical (unpaired) electrons. The summed E-state index contributed by atoms with van der Waals surface area (Å²) in [6.45, 7) is 3.90. The van der Waals surface area contributed by atoms with Gasteiger partial charge in [-0.15, -0.1) is 0 Å². The van der Waals surface area contributed by atoms with Crippen LogP contribution in [0.3, 0.4) is 0 Å². The number of H-pyrrole nitrogens is 1. The number of rotatable bonds is 5. The molecule has 0 spiro atoms. The number of hydrogen-bond acceptors (Lipinski definition) is 3. The van der Waals surface area contributed by atoms with E-state index in [4.69, 9.17) is 4.42 Å². The average Bonchev–Trinajstić information content (AvgIpc) is 2.97. The van der Waals surface area contributed by atoms with E-state index < -0.39 is 0 Å². The zero-order valence-corrected chi connectivity index (χ0v) is 10.6. The fraction of sp³-hybridized carbons (Fsp3) is 0.385. The van der Waals surface area contributed by atoms with Crippen LogP contribution in [0.1, 0.15) is 35.4 Å². The van der Waals surface area contributed by atoms with E-state index >= 15 is 0 Å². The fourth-order valence-electron chi connectivity index (χ4n) is 1.73. The van der Waals surface area contributed by atoms with Gasteiger partial charge in [0, 0.05) is 18.7 Å². The molecule has 2 aromatic heterocycles. The zero-order chi connectivity index (χ0) is 13.0. The lowest BCUT2D eigenvalue weighted by molar-refractivity contribution is 0.0933. The van der Waals surface area contributed by atoms with E-state index in [2.05, 4.69) is 15.5 Å². The van der Waals surface area contributed by atoms with Crippen LogP contribution >= 0.6 is 0 Å². The Bertz CT molecular complexity index is 502.